The topological polar surface area (TPSA) is 41.1 Å². The van der Waals surface area contributed by atoms with Crippen molar-refractivity contribution in [1.29, 1.82) is 0 Å². The van der Waals surface area contributed by atoms with Gasteiger partial charge in [0.25, 0.3) is 0 Å². The van der Waals surface area contributed by atoms with Crippen LogP contribution in [0.25, 0.3) is 11.3 Å². The average molecular weight is 297 g/mol. The van der Waals surface area contributed by atoms with Gasteiger partial charge >= 0.3 is 6.18 Å². The molecule has 3 rings (SSSR count). The van der Waals surface area contributed by atoms with Crippen molar-refractivity contribution in [2.75, 3.05) is 31.2 Å². The molecule has 2 heterocycles. The number of nitrogens with zero attached hydrogens (tertiary/aromatic N) is 2. The third kappa shape index (κ3) is 3.02. The summed E-state index contributed by atoms with van der Waals surface area (Å²) in [5.74, 6) is 0. The van der Waals surface area contributed by atoms with E-state index in [1.807, 2.05) is 17.2 Å². The second kappa shape index (κ2) is 5.40. The number of rotatable bonds is 2. The number of ether oxygens (including phenoxy) is 1. The number of halogens is 3. The lowest BCUT2D eigenvalue weighted by molar-refractivity contribution is -0.141. The van der Waals surface area contributed by atoms with Crippen LogP contribution >= 0.6 is 0 Å². The minimum atomic E-state index is -4.40. The molecule has 0 unspecified atom stereocenters. The van der Waals surface area contributed by atoms with Gasteiger partial charge in [-0.05, 0) is 18.2 Å². The van der Waals surface area contributed by atoms with Crippen LogP contribution in [0.4, 0.5) is 18.9 Å². The minimum Gasteiger partial charge on any atom is -0.378 e. The Hall–Kier alpha value is -2.02. The summed E-state index contributed by atoms with van der Waals surface area (Å²) in [7, 11) is 0. The largest absolute Gasteiger partial charge is 0.432 e. The fraction of sp³-hybridized carbons (Fsp3) is 0.357. The Bertz CT molecular complexity index is 601. The van der Waals surface area contributed by atoms with Gasteiger partial charge in [-0.1, -0.05) is 12.1 Å². The van der Waals surface area contributed by atoms with Crippen LogP contribution in [0.3, 0.4) is 0 Å². The molecule has 0 saturated carbocycles. The van der Waals surface area contributed by atoms with E-state index in [1.165, 1.54) is 0 Å². The van der Waals surface area contributed by atoms with E-state index in [2.05, 4.69) is 10.00 Å². The zero-order chi connectivity index (χ0) is 14.9. The van der Waals surface area contributed by atoms with Crippen molar-refractivity contribution in [2.24, 2.45) is 0 Å². The van der Waals surface area contributed by atoms with E-state index in [9.17, 15) is 13.2 Å². The van der Waals surface area contributed by atoms with Gasteiger partial charge < -0.3 is 9.64 Å². The minimum absolute atomic E-state index is 0.288. The maximum Gasteiger partial charge on any atom is 0.432 e. The molecule has 0 radical (unpaired) electrons. The molecule has 1 aliphatic rings. The molecule has 21 heavy (non-hydrogen) atoms. The van der Waals surface area contributed by atoms with Gasteiger partial charge in [-0.2, -0.15) is 18.3 Å². The molecule has 1 fully saturated rings. The molecule has 0 aliphatic carbocycles. The summed E-state index contributed by atoms with van der Waals surface area (Å²) in [5, 5.41) is 5.74. The maximum absolute atomic E-state index is 12.5. The van der Waals surface area contributed by atoms with Crippen molar-refractivity contribution in [2.45, 2.75) is 6.18 Å². The number of nitrogens with one attached hydrogen (secondary N) is 1. The van der Waals surface area contributed by atoms with Crippen molar-refractivity contribution in [3.63, 3.8) is 0 Å². The Balaban J connectivity index is 1.79. The lowest BCUT2D eigenvalue weighted by Crippen LogP contribution is -2.36. The maximum atomic E-state index is 12.5. The standard InChI is InChI=1S/C14H14F3N3O/c15-14(16,17)13-9-12(18-19-13)10-1-3-11(4-2-10)20-5-7-21-8-6-20/h1-4,9H,5-8H2,(H,18,19). The first-order valence-corrected chi connectivity index (χ1v) is 6.60. The second-order valence-corrected chi connectivity index (χ2v) is 4.81. The van der Waals surface area contributed by atoms with Crippen molar-refractivity contribution in [1.82, 2.24) is 10.2 Å². The van der Waals surface area contributed by atoms with E-state index >= 15 is 0 Å². The summed E-state index contributed by atoms with van der Waals surface area (Å²) in [6, 6.07) is 8.36. The van der Waals surface area contributed by atoms with E-state index in [1.54, 1.807) is 12.1 Å². The predicted octanol–water partition coefficient (Wildman–Crippen LogP) is 2.93. The normalized spacial score (nSPS) is 16.2. The molecule has 2 aromatic rings. The van der Waals surface area contributed by atoms with Crippen molar-refractivity contribution in [3.8, 4) is 11.3 Å². The number of hydrogen-bond donors (Lipinski definition) is 1. The van der Waals surface area contributed by atoms with E-state index in [4.69, 9.17) is 4.74 Å². The number of morpholine rings is 1. The van der Waals surface area contributed by atoms with Gasteiger partial charge in [-0.15, -0.1) is 0 Å². The lowest BCUT2D eigenvalue weighted by Gasteiger charge is -2.28. The van der Waals surface area contributed by atoms with Gasteiger partial charge in [0.1, 0.15) is 5.69 Å². The van der Waals surface area contributed by atoms with Gasteiger partial charge in [0.2, 0.25) is 0 Å². The van der Waals surface area contributed by atoms with E-state index in [-0.39, 0.29) is 5.69 Å². The number of aromatic amines is 1. The highest BCUT2D eigenvalue weighted by Crippen LogP contribution is 2.30. The number of aromatic nitrogens is 2. The highest BCUT2D eigenvalue weighted by Gasteiger charge is 2.33. The van der Waals surface area contributed by atoms with Crippen LogP contribution in [0.1, 0.15) is 5.69 Å². The Morgan fingerprint density at radius 3 is 2.33 bits per heavy atom. The Kier molecular flexibility index (Phi) is 3.59. The molecule has 7 heteroatoms. The molecule has 1 aliphatic heterocycles. The monoisotopic (exact) mass is 297 g/mol. The van der Waals surface area contributed by atoms with Crippen molar-refractivity contribution >= 4 is 5.69 Å². The van der Waals surface area contributed by atoms with Crippen molar-refractivity contribution in [3.05, 3.63) is 36.0 Å². The first-order chi connectivity index (χ1) is 10.0. The van der Waals surface area contributed by atoms with Crippen LogP contribution in [0.5, 0.6) is 0 Å². The molecule has 4 nitrogen and oxygen atoms in total. The van der Waals surface area contributed by atoms with Gasteiger partial charge in [0.05, 0.1) is 18.9 Å². The van der Waals surface area contributed by atoms with Crippen LogP contribution in [0.15, 0.2) is 30.3 Å². The van der Waals surface area contributed by atoms with Crippen LogP contribution < -0.4 is 4.90 Å². The molecule has 1 aromatic carbocycles. The zero-order valence-electron chi connectivity index (χ0n) is 11.2. The van der Waals surface area contributed by atoms with Gasteiger partial charge in [0.15, 0.2) is 0 Å². The number of hydrogen-bond acceptors (Lipinski definition) is 3. The molecule has 0 bridgehead atoms. The molecule has 1 N–H and O–H groups in total. The Morgan fingerprint density at radius 2 is 1.76 bits per heavy atom. The highest BCUT2D eigenvalue weighted by atomic mass is 19.4. The lowest BCUT2D eigenvalue weighted by atomic mass is 10.1. The van der Waals surface area contributed by atoms with Crippen LogP contribution in [-0.4, -0.2) is 36.5 Å². The number of alkyl halides is 3. The molecule has 1 aromatic heterocycles. The number of H-pyrrole nitrogens is 1. The second-order valence-electron chi connectivity index (χ2n) is 4.81. The van der Waals surface area contributed by atoms with E-state index in [0.717, 1.165) is 24.8 Å². The molecule has 0 amide bonds. The molecular weight excluding hydrogens is 283 g/mol. The predicted molar refractivity (Wildman–Crippen MR) is 72.1 cm³/mol. The molecular formula is C14H14F3N3O. The summed E-state index contributed by atoms with van der Waals surface area (Å²) in [5.41, 5.74) is 1.14. The summed E-state index contributed by atoms with van der Waals surface area (Å²) >= 11 is 0. The van der Waals surface area contributed by atoms with Gasteiger partial charge in [-0.25, -0.2) is 0 Å². The summed E-state index contributed by atoms with van der Waals surface area (Å²) in [4.78, 5) is 2.18. The molecule has 0 spiro atoms. The van der Waals surface area contributed by atoms with Gasteiger partial charge in [0, 0.05) is 24.3 Å². The highest BCUT2D eigenvalue weighted by molar-refractivity contribution is 5.63. The first-order valence-electron chi connectivity index (χ1n) is 6.60. The first kappa shape index (κ1) is 13.9. The summed E-state index contributed by atoms with van der Waals surface area (Å²) < 4.78 is 42.9. The third-order valence-corrected chi connectivity index (χ3v) is 3.42. The molecule has 112 valence electrons. The van der Waals surface area contributed by atoms with Crippen LogP contribution in [0, 0.1) is 0 Å². The smallest absolute Gasteiger partial charge is 0.378 e. The number of benzene rings is 1. The average Bonchev–Trinajstić information content (AvgIpc) is 2.98. The summed E-state index contributed by atoms with van der Waals surface area (Å²) in [6.07, 6.45) is -4.40. The molecule has 0 atom stereocenters. The third-order valence-electron chi connectivity index (χ3n) is 3.42. The fourth-order valence-electron chi connectivity index (χ4n) is 2.28. The van der Waals surface area contributed by atoms with Crippen LogP contribution in [-0.2, 0) is 10.9 Å². The number of anilines is 1. The van der Waals surface area contributed by atoms with E-state index in [0.29, 0.717) is 18.8 Å². The zero-order valence-corrected chi connectivity index (χ0v) is 11.2. The quantitative estimate of drug-likeness (QED) is 0.926. The Morgan fingerprint density at radius 1 is 1.10 bits per heavy atom. The fourth-order valence-corrected chi connectivity index (χ4v) is 2.28. The summed E-state index contributed by atoms with van der Waals surface area (Å²) in [6.45, 7) is 3.02. The molecule has 1 saturated heterocycles. The Labute approximate surface area is 119 Å². The van der Waals surface area contributed by atoms with Gasteiger partial charge in [-0.3, -0.25) is 5.10 Å². The van der Waals surface area contributed by atoms with E-state index < -0.39 is 11.9 Å². The van der Waals surface area contributed by atoms with Crippen molar-refractivity contribution < 1.29 is 17.9 Å². The van der Waals surface area contributed by atoms with Crippen LogP contribution in [0.2, 0.25) is 0 Å². The SMILES string of the molecule is FC(F)(F)c1cc(-c2ccc(N3CCOCC3)cc2)n[nH]1.